The molecule has 0 bridgehead atoms. The standard InChI is InChI=1S/C21H28N4O3/c1-13(2)8-9-14(3)23-19(26)12-25-20(27)18(24-21(25)28)10-15-11-22-17-7-5-4-6-16(15)17/h4-7,11,13-14,18,22H,8-10,12H2,1-3H3,(H,23,26)(H,24,28). The van der Waals surface area contributed by atoms with Gasteiger partial charge in [-0.1, -0.05) is 32.0 Å². The average Bonchev–Trinajstić information content (AvgIpc) is 3.17. The van der Waals surface area contributed by atoms with Gasteiger partial charge in [0.15, 0.2) is 0 Å². The molecule has 1 aliphatic rings. The Morgan fingerprint density at radius 1 is 1.18 bits per heavy atom. The number of rotatable bonds is 8. The number of hydrogen-bond acceptors (Lipinski definition) is 3. The minimum absolute atomic E-state index is 0.0117. The van der Waals surface area contributed by atoms with E-state index in [9.17, 15) is 14.4 Å². The summed E-state index contributed by atoms with van der Waals surface area (Å²) in [6.45, 7) is 5.96. The van der Waals surface area contributed by atoms with E-state index in [0.29, 0.717) is 12.3 Å². The summed E-state index contributed by atoms with van der Waals surface area (Å²) >= 11 is 0. The Bertz CT molecular complexity index is 873. The summed E-state index contributed by atoms with van der Waals surface area (Å²) in [5, 5.41) is 6.60. The molecule has 0 spiro atoms. The molecular weight excluding hydrogens is 356 g/mol. The molecule has 2 unspecified atom stereocenters. The Labute approximate surface area is 164 Å². The van der Waals surface area contributed by atoms with E-state index in [2.05, 4.69) is 29.5 Å². The van der Waals surface area contributed by atoms with Crippen LogP contribution in [0.15, 0.2) is 30.5 Å². The van der Waals surface area contributed by atoms with Crippen LogP contribution in [0.5, 0.6) is 0 Å². The summed E-state index contributed by atoms with van der Waals surface area (Å²) in [7, 11) is 0. The molecule has 3 rings (SSSR count). The van der Waals surface area contributed by atoms with Gasteiger partial charge in [0.1, 0.15) is 12.6 Å². The molecular formula is C21H28N4O3. The molecule has 3 N–H and O–H groups in total. The van der Waals surface area contributed by atoms with Gasteiger partial charge in [-0.25, -0.2) is 4.79 Å². The van der Waals surface area contributed by atoms with Gasteiger partial charge in [-0.3, -0.25) is 14.5 Å². The number of carbonyl (C=O) groups is 3. The topological polar surface area (TPSA) is 94.3 Å². The Balaban J connectivity index is 1.58. The summed E-state index contributed by atoms with van der Waals surface area (Å²) in [5.41, 5.74) is 1.95. The fraction of sp³-hybridized carbons (Fsp3) is 0.476. The van der Waals surface area contributed by atoms with E-state index in [1.807, 2.05) is 37.4 Å². The molecule has 1 saturated heterocycles. The van der Waals surface area contributed by atoms with E-state index in [0.717, 1.165) is 34.2 Å². The first-order valence-corrected chi connectivity index (χ1v) is 9.81. The van der Waals surface area contributed by atoms with Crippen LogP contribution < -0.4 is 10.6 Å². The molecule has 0 saturated carbocycles. The van der Waals surface area contributed by atoms with Crippen molar-refractivity contribution in [1.29, 1.82) is 0 Å². The number of para-hydroxylation sites is 1. The van der Waals surface area contributed by atoms with E-state index in [1.165, 1.54) is 0 Å². The molecule has 2 heterocycles. The number of benzene rings is 1. The van der Waals surface area contributed by atoms with Crippen molar-refractivity contribution in [2.24, 2.45) is 5.92 Å². The van der Waals surface area contributed by atoms with Gasteiger partial charge >= 0.3 is 6.03 Å². The fourth-order valence-corrected chi connectivity index (χ4v) is 3.50. The molecule has 7 heteroatoms. The van der Waals surface area contributed by atoms with Crippen molar-refractivity contribution < 1.29 is 14.4 Å². The SMILES string of the molecule is CC(C)CCC(C)NC(=O)CN1C(=O)NC(Cc2c[nH]c3ccccc23)C1=O. The number of urea groups is 1. The zero-order chi connectivity index (χ0) is 20.3. The van der Waals surface area contributed by atoms with E-state index in [-0.39, 0.29) is 24.4 Å². The van der Waals surface area contributed by atoms with Crippen LogP contribution in [0.1, 0.15) is 39.2 Å². The van der Waals surface area contributed by atoms with E-state index >= 15 is 0 Å². The lowest BCUT2D eigenvalue weighted by Crippen LogP contribution is -2.44. The minimum Gasteiger partial charge on any atom is -0.361 e. The largest absolute Gasteiger partial charge is 0.361 e. The molecule has 1 aromatic carbocycles. The van der Waals surface area contributed by atoms with Gasteiger partial charge in [-0.15, -0.1) is 0 Å². The van der Waals surface area contributed by atoms with Crippen molar-refractivity contribution >= 4 is 28.7 Å². The second kappa shape index (κ2) is 8.46. The number of nitrogens with one attached hydrogen (secondary N) is 3. The third-order valence-corrected chi connectivity index (χ3v) is 5.09. The number of imide groups is 1. The van der Waals surface area contributed by atoms with Gasteiger partial charge in [0, 0.05) is 29.6 Å². The number of H-pyrrole nitrogens is 1. The van der Waals surface area contributed by atoms with Crippen LogP contribution in [0.4, 0.5) is 4.79 Å². The molecule has 2 atom stereocenters. The highest BCUT2D eigenvalue weighted by Gasteiger charge is 2.39. The van der Waals surface area contributed by atoms with Crippen LogP contribution in [0, 0.1) is 5.92 Å². The highest BCUT2D eigenvalue weighted by molar-refractivity contribution is 6.06. The number of nitrogens with zero attached hydrogens (tertiary/aromatic N) is 1. The highest BCUT2D eigenvalue weighted by atomic mass is 16.2. The molecule has 1 aliphatic heterocycles. The van der Waals surface area contributed by atoms with Crippen LogP contribution in [-0.4, -0.2) is 46.4 Å². The first-order chi connectivity index (χ1) is 13.3. The molecule has 150 valence electrons. The molecule has 2 aromatic rings. The van der Waals surface area contributed by atoms with Crippen LogP contribution in [0.3, 0.4) is 0 Å². The highest BCUT2D eigenvalue weighted by Crippen LogP contribution is 2.21. The quantitative estimate of drug-likeness (QED) is 0.611. The van der Waals surface area contributed by atoms with Crippen LogP contribution in [0.25, 0.3) is 10.9 Å². The number of aromatic nitrogens is 1. The maximum absolute atomic E-state index is 12.7. The smallest absolute Gasteiger partial charge is 0.325 e. The molecule has 1 aromatic heterocycles. The lowest BCUT2D eigenvalue weighted by molar-refractivity contribution is -0.132. The maximum atomic E-state index is 12.7. The normalized spacial score (nSPS) is 18.0. The van der Waals surface area contributed by atoms with Crippen molar-refractivity contribution in [2.75, 3.05) is 6.54 Å². The molecule has 0 radical (unpaired) electrons. The first-order valence-electron chi connectivity index (χ1n) is 9.81. The fourth-order valence-electron chi connectivity index (χ4n) is 3.50. The predicted octanol–water partition coefficient (Wildman–Crippen LogP) is 2.57. The Hall–Kier alpha value is -2.83. The second-order valence-electron chi connectivity index (χ2n) is 7.93. The Morgan fingerprint density at radius 3 is 2.68 bits per heavy atom. The predicted molar refractivity (Wildman–Crippen MR) is 108 cm³/mol. The third kappa shape index (κ3) is 4.52. The maximum Gasteiger partial charge on any atom is 0.325 e. The average molecular weight is 384 g/mol. The number of fused-ring (bicyclic) bond motifs is 1. The Kier molecular flexibility index (Phi) is 6.02. The lowest BCUT2D eigenvalue weighted by Gasteiger charge is -2.17. The van der Waals surface area contributed by atoms with E-state index < -0.39 is 12.1 Å². The van der Waals surface area contributed by atoms with Gasteiger partial charge in [-0.05, 0) is 37.3 Å². The number of amides is 4. The summed E-state index contributed by atoms with van der Waals surface area (Å²) in [6, 6.07) is 6.66. The molecule has 28 heavy (non-hydrogen) atoms. The van der Waals surface area contributed by atoms with Crippen LogP contribution in [-0.2, 0) is 16.0 Å². The summed E-state index contributed by atoms with van der Waals surface area (Å²) in [4.78, 5) is 41.3. The van der Waals surface area contributed by atoms with E-state index in [1.54, 1.807) is 0 Å². The molecule has 0 aliphatic carbocycles. The van der Waals surface area contributed by atoms with E-state index in [4.69, 9.17) is 0 Å². The zero-order valence-electron chi connectivity index (χ0n) is 16.6. The summed E-state index contributed by atoms with van der Waals surface area (Å²) < 4.78 is 0. The van der Waals surface area contributed by atoms with Crippen LogP contribution in [0.2, 0.25) is 0 Å². The zero-order valence-corrected chi connectivity index (χ0v) is 16.6. The molecule has 4 amide bonds. The number of aromatic amines is 1. The van der Waals surface area contributed by atoms with Crippen LogP contribution >= 0.6 is 0 Å². The molecule has 1 fully saturated rings. The first kappa shape index (κ1) is 19.9. The number of carbonyl (C=O) groups excluding carboxylic acids is 3. The van der Waals surface area contributed by atoms with Gasteiger partial charge in [0.2, 0.25) is 5.91 Å². The Morgan fingerprint density at radius 2 is 1.93 bits per heavy atom. The van der Waals surface area contributed by atoms with Gasteiger partial charge < -0.3 is 15.6 Å². The monoisotopic (exact) mass is 384 g/mol. The van der Waals surface area contributed by atoms with Gasteiger partial charge in [0.05, 0.1) is 0 Å². The number of hydrogen-bond donors (Lipinski definition) is 3. The van der Waals surface area contributed by atoms with Crippen molar-refractivity contribution in [3.8, 4) is 0 Å². The summed E-state index contributed by atoms with van der Waals surface area (Å²) in [6.07, 6.45) is 4.12. The minimum atomic E-state index is -0.655. The summed E-state index contributed by atoms with van der Waals surface area (Å²) in [5.74, 6) is -0.108. The van der Waals surface area contributed by atoms with Crippen molar-refractivity contribution in [3.05, 3.63) is 36.0 Å². The molecule has 7 nitrogen and oxygen atoms in total. The second-order valence-corrected chi connectivity index (χ2v) is 7.93. The van der Waals surface area contributed by atoms with Crippen molar-refractivity contribution in [1.82, 2.24) is 20.5 Å². The van der Waals surface area contributed by atoms with Crippen molar-refractivity contribution in [2.45, 2.75) is 52.1 Å². The third-order valence-electron chi connectivity index (χ3n) is 5.09. The lowest BCUT2D eigenvalue weighted by atomic mass is 10.0. The van der Waals surface area contributed by atoms with Crippen molar-refractivity contribution in [3.63, 3.8) is 0 Å². The van der Waals surface area contributed by atoms with Gasteiger partial charge in [0.25, 0.3) is 5.91 Å². The van der Waals surface area contributed by atoms with Gasteiger partial charge in [-0.2, -0.15) is 0 Å².